The number of hydrogen-bond acceptors (Lipinski definition) is 5. The average molecular weight is 399 g/mol. The predicted octanol–water partition coefficient (Wildman–Crippen LogP) is 0.988. The minimum absolute atomic E-state index is 0.0453. The lowest BCUT2D eigenvalue weighted by molar-refractivity contribution is -0.122. The zero-order chi connectivity index (χ0) is 19.4. The summed E-state index contributed by atoms with van der Waals surface area (Å²) in [6.45, 7) is 1.16. The molecule has 0 bridgehead atoms. The van der Waals surface area contributed by atoms with Crippen LogP contribution in [0.1, 0.15) is 32.1 Å². The number of fused-ring (bicyclic) bond motifs is 1. The SMILES string of the molecule is CN(CCCC(=O)NC1CCCC2CNNC21)S(=O)(=O)c1ccc(F)cc1. The van der Waals surface area contributed by atoms with Crippen LogP contribution < -0.4 is 16.2 Å². The van der Waals surface area contributed by atoms with Gasteiger partial charge in [0, 0.05) is 38.6 Å². The second-order valence-electron chi connectivity index (χ2n) is 7.30. The molecule has 1 aromatic carbocycles. The standard InChI is InChI=1S/C18H27FN4O3S/c1-23(27(25,26)15-9-7-14(19)8-10-15)11-3-6-17(24)21-16-5-2-4-13-12-20-22-18(13)16/h7-10,13,16,18,20,22H,2-6,11-12H2,1H3,(H,21,24). The molecule has 3 atom stereocenters. The Hall–Kier alpha value is -1.55. The number of amides is 1. The number of halogens is 1. The van der Waals surface area contributed by atoms with Crippen molar-refractivity contribution in [1.29, 1.82) is 0 Å². The zero-order valence-electron chi connectivity index (χ0n) is 15.4. The first-order valence-corrected chi connectivity index (χ1v) is 10.8. The van der Waals surface area contributed by atoms with Gasteiger partial charge < -0.3 is 5.32 Å². The summed E-state index contributed by atoms with van der Waals surface area (Å²) in [4.78, 5) is 12.3. The van der Waals surface area contributed by atoms with E-state index >= 15 is 0 Å². The van der Waals surface area contributed by atoms with Gasteiger partial charge in [0.25, 0.3) is 0 Å². The van der Waals surface area contributed by atoms with Crippen LogP contribution in [0.15, 0.2) is 29.2 Å². The van der Waals surface area contributed by atoms with Crippen LogP contribution in [0, 0.1) is 11.7 Å². The van der Waals surface area contributed by atoms with E-state index in [1.165, 1.54) is 29.9 Å². The molecule has 7 nitrogen and oxygen atoms in total. The van der Waals surface area contributed by atoms with Crippen LogP contribution in [0.5, 0.6) is 0 Å². The number of nitrogens with zero attached hydrogens (tertiary/aromatic N) is 1. The van der Waals surface area contributed by atoms with E-state index in [0.29, 0.717) is 12.3 Å². The maximum absolute atomic E-state index is 13.0. The van der Waals surface area contributed by atoms with Gasteiger partial charge in [-0.2, -0.15) is 0 Å². The molecule has 3 rings (SSSR count). The summed E-state index contributed by atoms with van der Waals surface area (Å²) in [5.41, 5.74) is 6.41. The van der Waals surface area contributed by atoms with Crippen molar-refractivity contribution in [2.75, 3.05) is 20.1 Å². The summed E-state index contributed by atoms with van der Waals surface area (Å²) >= 11 is 0. The maximum Gasteiger partial charge on any atom is 0.242 e. The van der Waals surface area contributed by atoms with Crippen molar-refractivity contribution in [3.8, 4) is 0 Å². The minimum atomic E-state index is -3.68. The Bertz CT molecular complexity index is 756. The highest BCUT2D eigenvalue weighted by Gasteiger charge is 2.37. The molecule has 1 saturated carbocycles. The van der Waals surface area contributed by atoms with Gasteiger partial charge in [0.1, 0.15) is 5.82 Å². The smallest absolute Gasteiger partial charge is 0.242 e. The lowest BCUT2D eigenvalue weighted by Gasteiger charge is -2.33. The van der Waals surface area contributed by atoms with Crippen molar-refractivity contribution in [3.05, 3.63) is 30.1 Å². The monoisotopic (exact) mass is 398 g/mol. The molecule has 1 heterocycles. The highest BCUT2D eigenvalue weighted by Crippen LogP contribution is 2.26. The van der Waals surface area contributed by atoms with Crippen LogP contribution in [0.4, 0.5) is 4.39 Å². The van der Waals surface area contributed by atoms with E-state index in [0.717, 1.165) is 31.5 Å². The molecular formula is C18H27FN4O3S. The molecule has 2 aliphatic rings. The van der Waals surface area contributed by atoms with Gasteiger partial charge >= 0.3 is 0 Å². The van der Waals surface area contributed by atoms with Gasteiger partial charge in [-0.05, 0) is 49.4 Å². The van der Waals surface area contributed by atoms with Crippen LogP contribution in [-0.2, 0) is 14.8 Å². The number of benzene rings is 1. The van der Waals surface area contributed by atoms with Crippen molar-refractivity contribution in [2.24, 2.45) is 5.92 Å². The van der Waals surface area contributed by atoms with Crippen molar-refractivity contribution in [3.63, 3.8) is 0 Å². The second-order valence-corrected chi connectivity index (χ2v) is 9.34. The first-order valence-electron chi connectivity index (χ1n) is 9.37. The second kappa shape index (κ2) is 8.64. The van der Waals surface area contributed by atoms with E-state index in [2.05, 4.69) is 16.2 Å². The molecule has 0 spiro atoms. The molecule has 9 heteroatoms. The highest BCUT2D eigenvalue weighted by molar-refractivity contribution is 7.89. The summed E-state index contributed by atoms with van der Waals surface area (Å²) in [7, 11) is -2.21. The third-order valence-electron chi connectivity index (χ3n) is 5.41. The molecule has 27 heavy (non-hydrogen) atoms. The molecule has 2 fully saturated rings. The van der Waals surface area contributed by atoms with Gasteiger partial charge in [0.15, 0.2) is 0 Å². The summed E-state index contributed by atoms with van der Waals surface area (Å²) < 4.78 is 39.1. The zero-order valence-corrected chi connectivity index (χ0v) is 16.3. The molecule has 150 valence electrons. The number of carbonyl (C=O) groups excluding carboxylic acids is 1. The fraction of sp³-hybridized carbons (Fsp3) is 0.611. The van der Waals surface area contributed by atoms with Crippen LogP contribution in [0.25, 0.3) is 0 Å². The van der Waals surface area contributed by atoms with E-state index in [-0.39, 0.29) is 35.9 Å². The summed E-state index contributed by atoms with van der Waals surface area (Å²) in [6.07, 6.45) is 3.93. The van der Waals surface area contributed by atoms with Gasteiger partial charge in [0.2, 0.25) is 15.9 Å². The van der Waals surface area contributed by atoms with E-state index in [4.69, 9.17) is 0 Å². The first kappa shape index (κ1) is 20.2. The fourth-order valence-electron chi connectivity index (χ4n) is 3.85. The molecule has 3 unspecified atom stereocenters. The van der Waals surface area contributed by atoms with E-state index < -0.39 is 15.8 Å². The highest BCUT2D eigenvalue weighted by atomic mass is 32.2. The number of rotatable bonds is 7. The Morgan fingerprint density at radius 3 is 2.78 bits per heavy atom. The van der Waals surface area contributed by atoms with Crippen molar-refractivity contribution >= 4 is 15.9 Å². The number of sulfonamides is 1. The van der Waals surface area contributed by atoms with Gasteiger partial charge in [0.05, 0.1) is 4.90 Å². The molecule has 0 aromatic heterocycles. The van der Waals surface area contributed by atoms with Crippen molar-refractivity contribution in [1.82, 2.24) is 20.5 Å². The number of hydrogen-bond donors (Lipinski definition) is 3. The minimum Gasteiger partial charge on any atom is -0.352 e. The average Bonchev–Trinajstić information content (AvgIpc) is 3.12. The molecule has 0 radical (unpaired) electrons. The molecule has 1 aromatic rings. The number of hydrazine groups is 1. The molecular weight excluding hydrogens is 371 g/mol. The first-order chi connectivity index (χ1) is 12.9. The summed E-state index contributed by atoms with van der Waals surface area (Å²) in [5.74, 6) is 0.0168. The van der Waals surface area contributed by atoms with E-state index in [1.807, 2.05) is 0 Å². The third-order valence-corrected chi connectivity index (χ3v) is 7.28. The Morgan fingerprint density at radius 1 is 1.30 bits per heavy atom. The Kier molecular flexibility index (Phi) is 6.46. The van der Waals surface area contributed by atoms with E-state index in [9.17, 15) is 17.6 Å². The quantitative estimate of drug-likeness (QED) is 0.637. The van der Waals surface area contributed by atoms with Crippen molar-refractivity contribution in [2.45, 2.75) is 49.1 Å². The van der Waals surface area contributed by atoms with Gasteiger partial charge in [-0.15, -0.1) is 0 Å². The third kappa shape index (κ3) is 4.84. The lowest BCUT2D eigenvalue weighted by Crippen LogP contribution is -2.53. The van der Waals surface area contributed by atoms with Crippen molar-refractivity contribution < 1.29 is 17.6 Å². The number of nitrogens with one attached hydrogen (secondary N) is 3. The van der Waals surface area contributed by atoms with Gasteiger partial charge in [-0.1, -0.05) is 6.42 Å². The molecule has 1 saturated heterocycles. The van der Waals surface area contributed by atoms with Crippen LogP contribution in [0.2, 0.25) is 0 Å². The van der Waals surface area contributed by atoms with Crippen LogP contribution in [-0.4, -0.2) is 50.9 Å². The largest absolute Gasteiger partial charge is 0.352 e. The van der Waals surface area contributed by atoms with Gasteiger partial charge in [-0.3, -0.25) is 15.6 Å². The normalized spacial score (nSPS) is 25.4. The molecule has 1 aliphatic carbocycles. The Morgan fingerprint density at radius 2 is 2.04 bits per heavy atom. The lowest BCUT2D eigenvalue weighted by atomic mass is 9.82. The van der Waals surface area contributed by atoms with Gasteiger partial charge in [-0.25, -0.2) is 17.1 Å². The molecule has 3 N–H and O–H groups in total. The fourth-order valence-corrected chi connectivity index (χ4v) is 5.06. The van der Waals surface area contributed by atoms with E-state index in [1.54, 1.807) is 0 Å². The molecule has 1 aliphatic heterocycles. The topological polar surface area (TPSA) is 90.5 Å². The number of carbonyl (C=O) groups is 1. The Labute approximate surface area is 159 Å². The Balaban J connectivity index is 1.46. The maximum atomic E-state index is 13.0. The summed E-state index contributed by atoms with van der Waals surface area (Å²) in [6, 6.07) is 5.12. The van der Waals surface area contributed by atoms with Crippen LogP contribution >= 0.6 is 0 Å². The summed E-state index contributed by atoms with van der Waals surface area (Å²) in [5, 5.41) is 3.09. The van der Waals surface area contributed by atoms with Crippen LogP contribution in [0.3, 0.4) is 0 Å². The molecule has 1 amide bonds. The predicted molar refractivity (Wildman–Crippen MR) is 99.6 cm³/mol.